The fourth-order valence-electron chi connectivity index (χ4n) is 3.25. The van der Waals surface area contributed by atoms with Gasteiger partial charge in [-0.1, -0.05) is 0 Å². The van der Waals surface area contributed by atoms with Crippen molar-refractivity contribution >= 4 is 5.91 Å². The monoisotopic (exact) mass is 375 g/mol. The smallest absolute Gasteiger partial charge is 0.331 e. The number of morpholine rings is 1. The molecule has 0 radical (unpaired) electrons. The van der Waals surface area contributed by atoms with Gasteiger partial charge in [0.15, 0.2) is 0 Å². The fourth-order valence-corrected chi connectivity index (χ4v) is 3.25. The summed E-state index contributed by atoms with van der Waals surface area (Å²) in [5, 5.41) is 12.0. The summed E-state index contributed by atoms with van der Waals surface area (Å²) in [7, 11) is 0. The summed E-state index contributed by atoms with van der Waals surface area (Å²) in [5.74, 6) is -0.423. The second-order valence-electron chi connectivity index (χ2n) is 7.66. The van der Waals surface area contributed by atoms with Gasteiger partial charge in [-0.2, -0.15) is 5.26 Å². The van der Waals surface area contributed by atoms with Crippen molar-refractivity contribution in [2.24, 2.45) is 0 Å². The summed E-state index contributed by atoms with van der Waals surface area (Å²) in [5.41, 5.74) is -1.65. The Morgan fingerprint density at radius 1 is 1.33 bits per heavy atom. The molecule has 0 atom stereocenters. The van der Waals surface area contributed by atoms with Crippen molar-refractivity contribution < 1.29 is 9.53 Å². The lowest BCUT2D eigenvalue weighted by Gasteiger charge is -2.40. The van der Waals surface area contributed by atoms with Gasteiger partial charge in [-0.15, -0.1) is 0 Å². The predicted octanol–water partition coefficient (Wildman–Crippen LogP) is -0.556. The third kappa shape index (κ3) is 4.28. The quantitative estimate of drug-likeness (QED) is 0.714. The van der Waals surface area contributed by atoms with Crippen molar-refractivity contribution in [3.8, 4) is 6.07 Å². The first kappa shape index (κ1) is 19.3. The van der Waals surface area contributed by atoms with E-state index in [2.05, 4.69) is 10.2 Å². The van der Waals surface area contributed by atoms with Gasteiger partial charge in [0.25, 0.3) is 5.56 Å². The van der Waals surface area contributed by atoms with E-state index in [1.54, 1.807) is 0 Å². The maximum absolute atomic E-state index is 12.5. The Bertz CT molecular complexity index is 869. The van der Waals surface area contributed by atoms with E-state index < -0.39 is 17.2 Å². The van der Waals surface area contributed by atoms with E-state index >= 15 is 0 Å². The van der Waals surface area contributed by atoms with Crippen molar-refractivity contribution in [3.05, 3.63) is 32.6 Å². The van der Waals surface area contributed by atoms with Crippen LogP contribution in [0.2, 0.25) is 0 Å². The third-order valence-corrected chi connectivity index (χ3v) is 5.14. The van der Waals surface area contributed by atoms with Crippen LogP contribution in [-0.4, -0.2) is 58.3 Å². The van der Waals surface area contributed by atoms with Crippen LogP contribution in [0.4, 0.5) is 0 Å². The Morgan fingerprint density at radius 3 is 2.59 bits per heavy atom. The zero-order valence-corrected chi connectivity index (χ0v) is 15.7. The van der Waals surface area contributed by atoms with Gasteiger partial charge in [-0.05, 0) is 26.7 Å². The Labute approximate surface area is 157 Å². The highest BCUT2D eigenvalue weighted by atomic mass is 16.5. The molecular formula is C18H25N5O4. The molecule has 2 fully saturated rings. The van der Waals surface area contributed by atoms with Crippen molar-refractivity contribution in [3.63, 3.8) is 0 Å². The number of nitrogens with one attached hydrogen (secondary N) is 1. The van der Waals surface area contributed by atoms with E-state index in [1.165, 1.54) is 10.8 Å². The highest BCUT2D eigenvalue weighted by Gasteiger charge is 2.29. The van der Waals surface area contributed by atoms with Gasteiger partial charge in [0.05, 0.1) is 13.2 Å². The minimum Gasteiger partial charge on any atom is -0.379 e. The molecule has 3 rings (SSSR count). The van der Waals surface area contributed by atoms with Crippen molar-refractivity contribution in [1.29, 1.82) is 5.26 Å². The summed E-state index contributed by atoms with van der Waals surface area (Å²) >= 11 is 0. The van der Waals surface area contributed by atoms with E-state index in [9.17, 15) is 14.4 Å². The summed E-state index contributed by atoms with van der Waals surface area (Å²) in [6.07, 6.45) is 2.98. The van der Waals surface area contributed by atoms with Crippen molar-refractivity contribution in [1.82, 2.24) is 19.4 Å². The van der Waals surface area contributed by atoms with Gasteiger partial charge in [-0.25, -0.2) is 9.36 Å². The number of hydrogen-bond donors (Lipinski definition) is 1. The first-order valence-electron chi connectivity index (χ1n) is 9.19. The van der Waals surface area contributed by atoms with Crippen LogP contribution in [0.5, 0.6) is 0 Å². The van der Waals surface area contributed by atoms with E-state index in [-0.39, 0.29) is 23.7 Å². The van der Waals surface area contributed by atoms with E-state index in [1.807, 2.05) is 19.9 Å². The number of hydrogen-bond acceptors (Lipinski definition) is 6. The van der Waals surface area contributed by atoms with Crippen LogP contribution in [0.1, 0.15) is 38.3 Å². The van der Waals surface area contributed by atoms with Crippen LogP contribution >= 0.6 is 0 Å². The van der Waals surface area contributed by atoms with Gasteiger partial charge in [0, 0.05) is 37.4 Å². The normalized spacial score (nSPS) is 18.1. The van der Waals surface area contributed by atoms with Crippen LogP contribution in [0, 0.1) is 11.3 Å². The molecular weight excluding hydrogens is 350 g/mol. The molecule has 1 saturated carbocycles. The Hall–Kier alpha value is -2.44. The molecule has 0 unspecified atom stereocenters. The average Bonchev–Trinajstić information content (AvgIpc) is 3.49. The number of carbonyl (C=O) groups excluding carboxylic acids is 1. The second kappa shape index (κ2) is 7.66. The number of nitriles is 1. The first-order chi connectivity index (χ1) is 12.8. The molecule has 27 heavy (non-hydrogen) atoms. The lowest BCUT2D eigenvalue weighted by Crippen LogP contribution is -2.56. The molecule has 1 saturated heterocycles. The molecule has 1 aliphatic heterocycles. The number of ether oxygens (including phenoxy) is 1. The minimum absolute atomic E-state index is 0.0137. The van der Waals surface area contributed by atoms with Gasteiger partial charge < -0.3 is 10.1 Å². The number of carbonyl (C=O) groups is 1. The third-order valence-electron chi connectivity index (χ3n) is 5.14. The number of amides is 1. The molecule has 1 aromatic rings. The highest BCUT2D eigenvalue weighted by molar-refractivity contribution is 5.75. The second-order valence-corrected chi connectivity index (χ2v) is 7.66. The molecule has 2 aliphatic rings. The molecule has 1 aromatic heterocycles. The van der Waals surface area contributed by atoms with E-state index in [4.69, 9.17) is 10.00 Å². The van der Waals surface area contributed by atoms with Crippen LogP contribution < -0.4 is 16.6 Å². The molecule has 9 nitrogen and oxygen atoms in total. The molecule has 0 aromatic carbocycles. The molecule has 1 amide bonds. The largest absolute Gasteiger partial charge is 0.379 e. The van der Waals surface area contributed by atoms with Crippen LogP contribution in [0.25, 0.3) is 0 Å². The lowest BCUT2D eigenvalue weighted by molar-refractivity contribution is -0.122. The lowest BCUT2D eigenvalue weighted by atomic mass is 10.0. The van der Waals surface area contributed by atoms with E-state index in [0.717, 1.165) is 30.5 Å². The van der Waals surface area contributed by atoms with Gasteiger partial charge >= 0.3 is 5.69 Å². The summed E-state index contributed by atoms with van der Waals surface area (Å²) in [4.78, 5) is 39.5. The maximum atomic E-state index is 12.5. The zero-order chi connectivity index (χ0) is 19.6. The average molecular weight is 375 g/mol. The summed E-state index contributed by atoms with van der Waals surface area (Å²) in [6, 6.07) is 1.83. The summed E-state index contributed by atoms with van der Waals surface area (Å²) in [6.45, 7) is 6.96. The minimum atomic E-state index is -0.720. The van der Waals surface area contributed by atoms with Gasteiger partial charge in [0.1, 0.15) is 18.2 Å². The molecule has 0 spiro atoms. The number of nitrogens with zero attached hydrogens (tertiary/aromatic N) is 4. The van der Waals surface area contributed by atoms with E-state index in [0.29, 0.717) is 19.8 Å². The molecule has 9 heteroatoms. The maximum Gasteiger partial charge on any atom is 0.331 e. The van der Waals surface area contributed by atoms with Gasteiger partial charge in [0.2, 0.25) is 5.91 Å². The first-order valence-corrected chi connectivity index (χ1v) is 9.19. The van der Waals surface area contributed by atoms with Crippen LogP contribution in [0.15, 0.2) is 15.8 Å². The predicted molar refractivity (Wildman–Crippen MR) is 97.4 cm³/mol. The fraction of sp³-hybridized carbons (Fsp3) is 0.667. The summed E-state index contributed by atoms with van der Waals surface area (Å²) < 4.78 is 7.60. The molecule has 0 bridgehead atoms. The highest BCUT2D eigenvalue weighted by Crippen LogP contribution is 2.33. The molecule has 1 aliphatic carbocycles. The SMILES string of the molecule is CC(C)(CNC(=O)Cn1c(=O)c(C#N)cn(C2CC2)c1=O)N1CCOCC1. The number of rotatable bonds is 6. The van der Waals surface area contributed by atoms with Crippen LogP contribution in [0.3, 0.4) is 0 Å². The molecule has 146 valence electrons. The standard InChI is InChI=1S/C18H25N5O4/c1-18(2,21-5-7-27-8-6-21)12-20-15(24)11-23-16(25)13(9-19)10-22(17(23)26)14-3-4-14/h10,14H,3-8,11-12H2,1-2H3,(H,20,24). The van der Waals surface area contributed by atoms with Crippen molar-refractivity contribution in [2.45, 2.75) is 44.8 Å². The van der Waals surface area contributed by atoms with Gasteiger partial charge in [-0.3, -0.25) is 19.1 Å². The van der Waals surface area contributed by atoms with Crippen LogP contribution in [-0.2, 0) is 16.1 Å². The Morgan fingerprint density at radius 2 is 2.00 bits per heavy atom. The molecule has 1 N–H and O–H groups in total. The number of aromatic nitrogens is 2. The Balaban J connectivity index is 1.71. The molecule has 2 heterocycles. The zero-order valence-electron chi connectivity index (χ0n) is 15.7. The van der Waals surface area contributed by atoms with Crippen molar-refractivity contribution in [2.75, 3.05) is 32.8 Å². The topological polar surface area (TPSA) is 109 Å². The Kier molecular flexibility index (Phi) is 5.48.